The molecule has 2 aromatic heterocycles. The maximum Gasteiger partial charge on any atom is 0.356 e. The Morgan fingerprint density at radius 3 is 2.69 bits per heavy atom. The molecule has 2 fully saturated rings. The summed E-state index contributed by atoms with van der Waals surface area (Å²) in [5.41, 5.74) is 3.49. The van der Waals surface area contributed by atoms with Gasteiger partial charge in [-0.1, -0.05) is 24.6 Å². The van der Waals surface area contributed by atoms with Gasteiger partial charge in [0.05, 0.1) is 12.5 Å². The van der Waals surface area contributed by atoms with E-state index in [9.17, 15) is 14.4 Å². The lowest BCUT2D eigenvalue weighted by Crippen LogP contribution is -2.36. The number of ether oxygens (including phenoxy) is 1. The Morgan fingerprint density at radius 1 is 1.16 bits per heavy atom. The highest BCUT2D eigenvalue weighted by Gasteiger charge is 2.40. The lowest BCUT2D eigenvalue weighted by molar-refractivity contribution is -0.118. The number of nitrogens with one attached hydrogen (secondary N) is 1. The Kier molecular flexibility index (Phi) is 5.20. The molecule has 0 aliphatic heterocycles. The number of carbonyl (C=O) groups excluding carboxylic acids is 2. The summed E-state index contributed by atoms with van der Waals surface area (Å²) < 4.78 is 4.76. The van der Waals surface area contributed by atoms with Crippen LogP contribution in [-0.4, -0.2) is 33.9 Å². The van der Waals surface area contributed by atoms with Gasteiger partial charge in [-0.3, -0.25) is 9.59 Å². The van der Waals surface area contributed by atoms with E-state index in [1.807, 2.05) is 6.07 Å². The SMILES string of the molecule is COC(=O)c1cc(-c2nn(NC(=O)CC3CC4CCC3C4)c(=O)c3ccccc23)ccn1. The van der Waals surface area contributed by atoms with Crippen molar-refractivity contribution in [2.75, 3.05) is 12.5 Å². The van der Waals surface area contributed by atoms with E-state index in [2.05, 4.69) is 15.5 Å². The van der Waals surface area contributed by atoms with E-state index in [1.165, 1.54) is 32.6 Å². The van der Waals surface area contributed by atoms with E-state index in [4.69, 9.17) is 4.74 Å². The Bertz CT molecular complexity index is 1270. The second-order valence-electron chi connectivity index (χ2n) is 8.71. The van der Waals surface area contributed by atoms with Crippen molar-refractivity contribution in [3.8, 4) is 11.3 Å². The summed E-state index contributed by atoms with van der Waals surface area (Å²) in [6.45, 7) is 0. The maximum absolute atomic E-state index is 13.0. The Balaban J connectivity index is 1.50. The molecule has 0 spiro atoms. The van der Waals surface area contributed by atoms with Crippen molar-refractivity contribution in [2.24, 2.45) is 17.8 Å². The van der Waals surface area contributed by atoms with E-state index in [1.54, 1.807) is 30.3 Å². The largest absolute Gasteiger partial charge is 0.464 e. The summed E-state index contributed by atoms with van der Waals surface area (Å²) in [5, 5.41) is 5.50. The van der Waals surface area contributed by atoms with Gasteiger partial charge < -0.3 is 4.74 Å². The summed E-state index contributed by atoms with van der Waals surface area (Å²) in [7, 11) is 1.29. The molecule has 5 rings (SSSR count). The molecule has 1 amide bonds. The number of esters is 1. The van der Waals surface area contributed by atoms with Crippen LogP contribution in [0.2, 0.25) is 0 Å². The van der Waals surface area contributed by atoms with E-state index in [-0.39, 0.29) is 11.6 Å². The fraction of sp³-hybridized carbons (Fsp3) is 0.375. The molecule has 1 N–H and O–H groups in total. The lowest BCUT2D eigenvalue weighted by atomic mass is 9.86. The first kappa shape index (κ1) is 20.4. The molecular weight excluding hydrogens is 408 g/mol. The number of hydrogen-bond donors (Lipinski definition) is 1. The topological polar surface area (TPSA) is 103 Å². The summed E-state index contributed by atoms with van der Waals surface area (Å²) in [6, 6.07) is 10.3. The van der Waals surface area contributed by atoms with Crippen molar-refractivity contribution in [2.45, 2.75) is 32.1 Å². The molecule has 32 heavy (non-hydrogen) atoms. The van der Waals surface area contributed by atoms with Crippen molar-refractivity contribution < 1.29 is 14.3 Å². The third-order valence-corrected chi connectivity index (χ3v) is 6.80. The molecule has 2 aliphatic rings. The molecule has 2 heterocycles. The normalized spacial score (nSPS) is 21.6. The van der Waals surface area contributed by atoms with Crippen LogP contribution in [0.4, 0.5) is 0 Å². The van der Waals surface area contributed by atoms with Gasteiger partial charge in [0.25, 0.3) is 5.56 Å². The molecule has 164 valence electrons. The van der Waals surface area contributed by atoms with Gasteiger partial charge in [-0.2, -0.15) is 0 Å². The third kappa shape index (κ3) is 3.66. The number of nitrogens with zero attached hydrogens (tertiary/aromatic N) is 3. The van der Waals surface area contributed by atoms with Crippen molar-refractivity contribution >= 4 is 22.6 Å². The third-order valence-electron chi connectivity index (χ3n) is 6.80. The number of carbonyl (C=O) groups is 2. The monoisotopic (exact) mass is 432 g/mol. The molecular formula is C24H24N4O4. The zero-order valence-electron chi connectivity index (χ0n) is 17.8. The number of methoxy groups -OCH3 is 1. The van der Waals surface area contributed by atoms with Gasteiger partial charge >= 0.3 is 5.97 Å². The first-order valence-corrected chi connectivity index (χ1v) is 10.9. The number of amides is 1. The molecule has 3 aromatic rings. The minimum Gasteiger partial charge on any atom is -0.464 e. The van der Waals surface area contributed by atoms with Crippen LogP contribution in [0, 0.1) is 17.8 Å². The van der Waals surface area contributed by atoms with Crippen LogP contribution in [0.15, 0.2) is 47.4 Å². The average Bonchev–Trinajstić information content (AvgIpc) is 3.44. The summed E-state index contributed by atoms with van der Waals surface area (Å²) >= 11 is 0. The number of rotatable bonds is 5. The van der Waals surface area contributed by atoms with Gasteiger partial charge in [0, 0.05) is 23.6 Å². The van der Waals surface area contributed by atoms with Gasteiger partial charge in [-0.05, 0) is 55.2 Å². The van der Waals surface area contributed by atoms with Gasteiger partial charge in [0.1, 0.15) is 11.4 Å². The highest BCUT2D eigenvalue weighted by molar-refractivity contribution is 5.96. The zero-order valence-corrected chi connectivity index (χ0v) is 17.8. The van der Waals surface area contributed by atoms with E-state index in [0.717, 1.165) is 17.1 Å². The van der Waals surface area contributed by atoms with Crippen LogP contribution in [-0.2, 0) is 9.53 Å². The van der Waals surface area contributed by atoms with E-state index in [0.29, 0.717) is 40.3 Å². The summed E-state index contributed by atoms with van der Waals surface area (Å²) in [5.74, 6) is 0.983. The fourth-order valence-electron chi connectivity index (χ4n) is 5.30. The molecule has 1 aromatic carbocycles. The van der Waals surface area contributed by atoms with Crippen LogP contribution in [0.5, 0.6) is 0 Å². The second-order valence-corrected chi connectivity index (χ2v) is 8.71. The highest BCUT2D eigenvalue weighted by Crippen LogP contribution is 2.49. The summed E-state index contributed by atoms with van der Waals surface area (Å²) in [6.07, 6.45) is 6.68. The number of fused-ring (bicyclic) bond motifs is 3. The first-order chi connectivity index (χ1) is 15.5. The molecule has 2 bridgehead atoms. The first-order valence-electron chi connectivity index (χ1n) is 10.9. The molecule has 2 saturated carbocycles. The molecule has 8 heteroatoms. The Hall–Kier alpha value is -3.55. The minimum absolute atomic E-state index is 0.133. The number of pyridine rings is 1. The van der Waals surface area contributed by atoms with Crippen molar-refractivity contribution in [1.29, 1.82) is 0 Å². The van der Waals surface area contributed by atoms with E-state index >= 15 is 0 Å². The molecule has 0 saturated heterocycles. The standard InChI is InChI=1S/C24H24N4O4/c1-32-24(31)20-12-16(8-9-25-20)22-18-4-2-3-5-19(18)23(30)28(27-22)26-21(29)13-17-11-14-6-7-15(17)10-14/h2-5,8-9,12,14-15,17H,6-7,10-11,13H2,1H3,(H,26,29). The minimum atomic E-state index is -0.566. The van der Waals surface area contributed by atoms with Crippen LogP contribution in [0.1, 0.15) is 42.6 Å². The molecule has 3 atom stereocenters. The quantitative estimate of drug-likeness (QED) is 0.622. The Labute approximate surface area is 184 Å². The second kappa shape index (κ2) is 8.18. The lowest BCUT2D eigenvalue weighted by Gasteiger charge is -2.21. The number of hydrogen-bond acceptors (Lipinski definition) is 6. The van der Waals surface area contributed by atoms with Gasteiger partial charge in [-0.25, -0.2) is 15.2 Å². The molecule has 8 nitrogen and oxygen atoms in total. The predicted molar refractivity (Wildman–Crippen MR) is 118 cm³/mol. The molecule has 0 radical (unpaired) electrons. The number of benzene rings is 1. The Morgan fingerprint density at radius 2 is 1.97 bits per heavy atom. The van der Waals surface area contributed by atoms with Gasteiger partial charge in [-0.15, -0.1) is 9.89 Å². The van der Waals surface area contributed by atoms with Gasteiger partial charge in [0.15, 0.2) is 0 Å². The van der Waals surface area contributed by atoms with Crippen LogP contribution in [0.3, 0.4) is 0 Å². The van der Waals surface area contributed by atoms with E-state index < -0.39 is 11.5 Å². The molecule has 3 unspecified atom stereocenters. The smallest absolute Gasteiger partial charge is 0.356 e. The fourth-order valence-corrected chi connectivity index (χ4v) is 5.30. The van der Waals surface area contributed by atoms with Crippen molar-refractivity contribution in [3.63, 3.8) is 0 Å². The van der Waals surface area contributed by atoms with Crippen molar-refractivity contribution in [3.05, 3.63) is 58.6 Å². The molecule has 2 aliphatic carbocycles. The average molecular weight is 432 g/mol. The van der Waals surface area contributed by atoms with Crippen LogP contribution < -0.4 is 11.0 Å². The van der Waals surface area contributed by atoms with Gasteiger partial charge in [0.2, 0.25) is 5.91 Å². The van der Waals surface area contributed by atoms with Crippen molar-refractivity contribution in [1.82, 2.24) is 14.9 Å². The van der Waals surface area contributed by atoms with Crippen LogP contribution in [0.25, 0.3) is 22.0 Å². The highest BCUT2D eigenvalue weighted by atomic mass is 16.5. The number of aromatic nitrogens is 3. The summed E-state index contributed by atoms with van der Waals surface area (Å²) in [4.78, 5) is 42.8. The predicted octanol–water partition coefficient (Wildman–Crippen LogP) is 3.14. The maximum atomic E-state index is 13.0. The van der Waals surface area contributed by atoms with Crippen LogP contribution >= 0.6 is 0 Å². The zero-order chi connectivity index (χ0) is 22.2.